The van der Waals surface area contributed by atoms with Crippen LogP contribution in [0, 0.1) is 0 Å². The van der Waals surface area contributed by atoms with E-state index in [9.17, 15) is 36.2 Å². The first-order valence-electron chi connectivity index (χ1n) is 15.9. The molecule has 4 aromatic carbocycles. The van der Waals surface area contributed by atoms with E-state index in [1.807, 2.05) is 0 Å². The van der Waals surface area contributed by atoms with E-state index in [-0.39, 0.29) is 49.2 Å². The van der Waals surface area contributed by atoms with Gasteiger partial charge in [0.2, 0.25) is 0 Å². The normalized spacial score (nSPS) is 11.2. The Kier molecular flexibility index (Phi) is 17.9. The van der Waals surface area contributed by atoms with Gasteiger partial charge in [-0.1, -0.05) is 112 Å². The molecule has 0 unspecified atom stereocenters. The van der Waals surface area contributed by atoms with Gasteiger partial charge in [0.15, 0.2) is 11.5 Å². The fourth-order valence-electron chi connectivity index (χ4n) is 4.87. The van der Waals surface area contributed by atoms with Gasteiger partial charge in [-0.05, 0) is 67.6 Å². The molecule has 0 amide bonds. The van der Waals surface area contributed by atoms with Crippen LogP contribution in [0.2, 0.25) is 0 Å². The maximum Gasteiger partial charge on any atom is 2.00 e. The van der Waals surface area contributed by atoms with Crippen LogP contribution in [0.1, 0.15) is 76.3 Å². The molecule has 0 radical (unpaired) electrons. The van der Waals surface area contributed by atoms with Crippen LogP contribution in [0.15, 0.2) is 94.7 Å². The van der Waals surface area contributed by atoms with Crippen LogP contribution >= 0.6 is 0 Å². The molecule has 0 aliphatic rings. The third-order valence-corrected chi connectivity index (χ3v) is 9.15. The van der Waals surface area contributed by atoms with E-state index in [1.54, 1.807) is 60.7 Å². The summed E-state index contributed by atoms with van der Waals surface area (Å²) >= 11 is 0. The third kappa shape index (κ3) is 13.4. The van der Waals surface area contributed by atoms with Crippen molar-refractivity contribution >= 4 is 58.0 Å². The van der Waals surface area contributed by atoms with Crippen molar-refractivity contribution < 1.29 is 45.6 Å². The van der Waals surface area contributed by atoms with E-state index in [1.165, 1.54) is 18.2 Å². The quantitative estimate of drug-likeness (QED) is 0.0657. The van der Waals surface area contributed by atoms with Crippen molar-refractivity contribution in [2.45, 2.75) is 87.8 Å². The van der Waals surface area contributed by atoms with Crippen molar-refractivity contribution in [2.75, 3.05) is 0 Å². The van der Waals surface area contributed by atoms with Crippen molar-refractivity contribution in [3.05, 3.63) is 96.1 Å². The standard InChI is InChI=1S/2C18H22O5S.Ca/c2*1-2-3-4-6-9-14-12-13-16(24(20,21)22)18(17(14)19)23-15-10-7-5-8-11-15;/h2*5,7-8,10-13,19H,2-4,6,9H2,1H3,(H,20,21,22);/q;;+2/p-2. The maximum absolute atomic E-state index is 12.6. The summed E-state index contributed by atoms with van der Waals surface area (Å²) in [6, 6.07) is 22.2. The zero-order valence-corrected chi connectivity index (χ0v) is 31.7. The molecule has 0 aliphatic heterocycles. The van der Waals surface area contributed by atoms with E-state index in [0.717, 1.165) is 57.4 Å². The predicted molar refractivity (Wildman–Crippen MR) is 186 cm³/mol. The number of unbranched alkanes of at least 4 members (excludes halogenated alkanes) is 6. The molecule has 260 valence electrons. The first-order chi connectivity index (χ1) is 22.9. The summed E-state index contributed by atoms with van der Waals surface area (Å²) in [5.74, 6) is -0.748. The first-order valence-corrected chi connectivity index (χ1v) is 18.8. The van der Waals surface area contributed by atoms with Crippen LogP contribution in [0.5, 0.6) is 34.5 Å². The van der Waals surface area contributed by atoms with Crippen LogP contribution < -0.4 is 14.6 Å². The Morgan fingerprint density at radius 2 is 1.06 bits per heavy atom. The number of hydrogen-bond acceptors (Lipinski definition) is 9. The summed E-state index contributed by atoms with van der Waals surface area (Å²) < 4.78 is 77.8. The second-order valence-corrected chi connectivity index (χ2v) is 13.9. The van der Waals surface area contributed by atoms with Crippen LogP contribution in [-0.4, -0.2) is 68.8 Å². The average Bonchev–Trinajstić information content (AvgIpc) is 3.04. The molecule has 0 aromatic heterocycles. The molecule has 0 atom stereocenters. The molecule has 0 bridgehead atoms. The van der Waals surface area contributed by atoms with Crippen molar-refractivity contribution in [3.63, 3.8) is 0 Å². The molecule has 0 saturated heterocycles. The number of benzene rings is 4. The summed E-state index contributed by atoms with van der Waals surface area (Å²) in [5, 5.41) is 23.0. The zero-order valence-electron chi connectivity index (χ0n) is 27.8. The van der Waals surface area contributed by atoms with Gasteiger partial charge in [0.25, 0.3) is 10.1 Å². The van der Waals surface area contributed by atoms with E-state index in [0.29, 0.717) is 35.5 Å². The van der Waals surface area contributed by atoms with Gasteiger partial charge in [-0.15, -0.1) is 0 Å². The Labute approximate surface area is 319 Å². The van der Waals surface area contributed by atoms with Crippen molar-refractivity contribution in [1.29, 1.82) is 0 Å². The summed E-state index contributed by atoms with van der Waals surface area (Å²) in [6.45, 7) is 4.21. The van der Waals surface area contributed by atoms with E-state index in [4.69, 9.17) is 9.47 Å². The molecular weight excluding hydrogens is 697 g/mol. The SMILES string of the molecule is CCCCCCc1ccc(S(=O)(=O)O)c(Oc2ccccc2)c1O.CCCCCCc1ccc(S(=O)(=O)[O-])c(Oc2ccccc2)c1[O-].[Ca+2]. The van der Waals surface area contributed by atoms with Gasteiger partial charge in [0.05, 0.1) is 4.90 Å². The molecule has 4 aromatic rings. The van der Waals surface area contributed by atoms with Gasteiger partial charge < -0.3 is 24.2 Å². The molecule has 13 heteroatoms. The smallest absolute Gasteiger partial charge is 0.870 e. The molecule has 0 spiro atoms. The fraction of sp³-hybridized carbons (Fsp3) is 0.333. The Hall–Kier alpha value is -2.84. The van der Waals surface area contributed by atoms with Crippen molar-refractivity contribution in [2.24, 2.45) is 0 Å². The van der Waals surface area contributed by atoms with E-state index >= 15 is 0 Å². The minimum Gasteiger partial charge on any atom is -0.870 e. The summed E-state index contributed by atoms with van der Waals surface area (Å²) in [7, 11) is -9.30. The van der Waals surface area contributed by atoms with E-state index < -0.39 is 41.5 Å². The minimum absolute atomic E-state index is 0. The molecule has 49 heavy (non-hydrogen) atoms. The maximum atomic E-state index is 12.6. The molecule has 0 fully saturated rings. The third-order valence-electron chi connectivity index (χ3n) is 7.41. The summed E-state index contributed by atoms with van der Waals surface area (Å²) in [4.78, 5) is -1.06. The largest absolute Gasteiger partial charge is 2.00 e. The van der Waals surface area contributed by atoms with Crippen molar-refractivity contribution in [3.8, 4) is 34.5 Å². The van der Waals surface area contributed by atoms with Gasteiger partial charge in [-0.3, -0.25) is 4.55 Å². The van der Waals surface area contributed by atoms with Gasteiger partial charge >= 0.3 is 37.7 Å². The van der Waals surface area contributed by atoms with Crippen molar-refractivity contribution in [1.82, 2.24) is 0 Å². The molecule has 0 aliphatic carbocycles. The Balaban J connectivity index is 0.000000333. The molecular formula is C36H42CaO10S2. The Bertz CT molecular complexity index is 1680. The first kappa shape index (κ1) is 42.3. The van der Waals surface area contributed by atoms with Crippen LogP contribution in [-0.2, 0) is 33.1 Å². The number of ether oxygens (including phenoxy) is 2. The fourth-order valence-corrected chi connectivity index (χ4v) is 6.08. The van der Waals surface area contributed by atoms with Gasteiger partial charge in [0.1, 0.15) is 32.3 Å². The topological polar surface area (TPSA) is 173 Å². The number of phenols is 1. The summed E-state index contributed by atoms with van der Waals surface area (Å²) in [6.07, 6.45) is 9.26. The molecule has 2 N–H and O–H groups in total. The molecule has 4 rings (SSSR count). The van der Waals surface area contributed by atoms with Gasteiger partial charge in [-0.2, -0.15) is 8.42 Å². The number of phenolic OH excluding ortho intramolecular Hbond substituents is 1. The number of aromatic hydroxyl groups is 1. The van der Waals surface area contributed by atoms with Crippen LogP contribution in [0.25, 0.3) is 0 Å². The number of hydrogen-bond donors (Lipinski definition) is 2. The van der Waals surface area contributed by atoms with Crippen LogP contribution in [0.3, 0.4) is 0 Å². The second-order valence-electron chi connectivity index (χ2n) is 11.2. The Morgan fingerprint density at radius 3 is 1.53 bits per heavy atom. The minimum atomic E-state index is -4.80. The number of rotatable bonds is 16. The average molecular weight is 739 g/mol. The van der Waals surface area contributed by atoms with Crippen LogP contribution in [0.4, 0.5) is 0 Å². The monoisotopic (exact) mass is 738 g/mol. The molecule has 0 saturated carbocycles. The number of para-hydroxylation sites is 2. The Morgan fingerprint density at radius 1 is 0.612 bits per heavy atom. The summed E-state index contributed by atoms with van der Waals surface area (Å²) in [5.41, 5.74) is 1.06. The van der Waals surface area contributed by atoms with Gasteiger partial charge in [-0.25, -0.2) is 8.42 Å². The zero-order chi connectivity index (χ0) is 35.2. The van der Waals surface area contributed by atoms with Gasteiger partial charge in [0, 0.05) is 0 Å². The predicted octanol–water partition coefficient (Wildman–Crippen LogP) is 7.75. The second kappa shape index (κ2) is 20.7. The number of aryl methyl sites for hydroxylation is 2. The molecule has 10 nitrogen and oxygen atoms in total. The molecule has 0 heterocycles. The van der Waals surface area contributed by atoms with E-state index in [2.05, 4.69) is 13.8 Å².